The van der Waals surface area contributed by atoms with Crippen LogP contribution in [0, 0.1) is 17.3 Å². The highest BCUT2D eigenvalue weighted by Crippen LogP contribution is 2.66. The molecule has 11 atom stereocenters. The number of alkyl halides is 1. The van der Waals surface area contributed by atoms with Gasteiger partial charge in [-0.25, -0.2) is 0 Å². The van der Waals surface area contributed by atoms with Gasteiger partial charge in [0.1, 0.15) is 18.3 Å². The van der Waals surface area contributed by atoms with Crippen LogP contribution in [-0.4, -0.2) is 82.4 Å². The minimum atomic E-state index is -2.21. The molecule has 4 heterocycles. The number of carbonyl (C=O) groups excluding carboxylic acids is 4. The van der Waals surface area contributed by atoms with Crippen molar-refractivity contribution in [2.24, 2.45) is 17.3 Å². The second kappa shape index (κ2) is 8.64. The minimum absolute atomic E-state index is 0.000278. The fourth-order valence-corrected chi connectivity index (χ4v) is 7.86. The van der Waals surface area contributed by atoms with Crippen molar-refractivity contribution in [1.29, 1.82) is 0 Å². The van der Waals surface area contributed by atoms with Crippen LogP contribution in [0.2, 0.25) is 0 Å². The van der Waals surface area contributed by atoms with Crippen LogP contribution in [0.1, 0.15) is 53.9 Å². The summed E-state index contributed by atoms with van der Waals surface area (Å²) in [6.45, 7) is 11.3. The first-order chi connectivity index (χ1) is 17.6. The van der Waals surface area contributed by atoms with Crippen molar-refractivity contribution in [3.63, 3.8) is 0 Å². The monoisotopic (exact) mass is 556 g/mol. The molecule has 5 aliphatic rings. The van der Waals surface area contributed by atoms with E-state index in [-0.39, 0.29) is 18.6 Å². The van der Waals surface area contributed by atoms with Crippen molar-refractivity contribution in [3.05, 3.63) is 12.2 Å². The fourth-order valence-electron chi connectivity index (χ4n) is 7.44. The van der Waals surface area contributed by atoms with Crippen molar-refractivity contribution in [2.45, 2.75) is 101 Å². The molecule has 4 aliphatic heterocycles. The van der Waals surface area contributed by atoms with Crippen LogP contribution in [0.3, 0.4) is 0 Å². The molecule has 0 radical (unpaired) electrons. The van der Waals surface area contributed by atoms with Gasteiger partial charge in [-0.3, -0.25) is 19.2 Å². The number of rotatable bonds is 3. The van der Waals surface area contributed by atoms with E-state index in [1.54, 1.807) is 13.8 Å². The smallest absolute Gasteiger partial charge is 0.312 e. The SMILES string of the molecule is C=C1[C@@H](Cl)[C@H]2OC(=O)[C@@H](C)[C@@]23O[C@]1(O)C[C@@H](OC(C)=O)[C@@]1(C)[C@H]([C@H]3OC(C)=O)[C@@]2(CC[C@H]1OC(C)=O)CO2. The molecule has 0 unspecified atom stereocenters. The summed E-state index contributed by atoms with van der Waals surface area (Å²) in [6.07, 6.45) is -3.94. The standard InChI is InChI=1S/C26H33ClO11/c1-11-18(27)20-26(12(2)22(31)37-20)21(36-15(5)30)19-23(6,17(35-14(4)29)9-25(11,32)38-26)16(34-13(3)28)7-8-24(19)10-33-24/h12,16-21,32H,1,7-10H2,2-6H3/t12-,16-,17-,18-,19+,20-,21-,23+,24-,25-,26-/m1/s1. The first-order valence-corrected chi connectivity index (χ1v) is 13.2. The zero-order valence-electron chi connectivity index (χ0n) is 22.0. The van der Waals surface area contributed by atoms with Gasteiger partial charge in [0.05, 0.1) is 28.9 Å². The zero-order valence-corrected chi connectivity index (χ0v) is 22.7. The molecule has 4 saturated heterocycles. The molecule has 1 saturated carbocycles. The lowest BCUT2D eigenvalue weighted by molar-refractivity contribution is -0.353. The van der Waals surface area contributed by atoms with E-state index < -0.39 is 87.9 Å². The lowest BCUT2D eigenvalue weighted by atomic mass is 9.51. The summed E-state index contributed by atoms with van der Waals surface area (Å²) in [6, 6.07) is 0. The number of carbonyl (C=O) groups is 4. The Kier molecular flexibility index (Phi) is 6.22. The highest BCUT2D eigenvalue weighted by atomic mass is 35.5. The molecule has 12 heteroatoms. The Bertz CT molecular complexity index is 1100. The second-order valence-corrected chi connectivity index (χ2v) is 11.9. The number of hydrogen-bond donors (Lipinski definition) is 1. The van der Waals surface area contributed by atoms with E-state index in [9.17, 15) is 24.3 Å². The van der Waals surface area contributed by atoms with Gasteiger partial charge >= 0.3 is 23.9 Å². The van der Waals surface area contributed by atoms with E-state index in [4.69, 9.17) is 40.0 Å². The molecule has 0 aromatic rings. The van der Waals surface area contributed by atoms with Crippen LogP contribution in [0.15, 0.2) is 12.2 Å². The molecule has 1 N–H and O–H groups in total. The second-order valence-electron chi connectivity index (χ2n) is 11.4. The Labute approximate surface area is 225 Å². The summed E-state index contributed by atoms with van der Waals surface area (Å²) in [5.41, 5.74) is -3.90. The van der Waals surface area contributed by atoms with Crippen LogP contribution in [-0.2, 0) is 47.6 Å². The third kappa shape index (κ3) is 3.65. The highest BCUT2D eigenvalue weighted by Gasteiger charge is 2.80. The summed E-state index contributed by atoms with van der Waals surface area (Å²) in [5, 5.41) is 10.9. The molecular formula is C26H33ClO11. The van der Waals surface area contributed by atoms with Crippen molar-refractivity contribution in [2.75, 3.05) is 6.61 Å². The molecule has 11 nitrogen and oxygen atoms in total. The van der Waals surface area contributed by atoms with Gasteiger partial charge in [0.2, 0.25) is 0 Å². The maximum atomic E-state index is 13.1. The number of hydrogen-bond acceptors (Lipinski definition) is 11. The summed E-state index contributed by atoms with van der Waals surface area (Å²) < 4.78 is 35.9. The Morgan fingerprint density at radius 2 is 1.66 bits per heavy atom. The summed E-state index contributed by atoms with van der Waals surface area (Å²) in [4.78, 5) is 50.4. The molecule has 2 spiro atoms. The number of epoxide rings is 1. The maximum Gasteiger partial charge on any atom is 0.312 e. The molecule has 5 rings (SSSR count). The minimum Gasteiger partial charge on any atom is -0.462 e. The van der Waals surface area contributed by atoms with Gasteiger partial charge < -0.3 is 33.5 Å². The third-order valence-electron chi connectivity index (χ3n) is 9.25. The number of fused-ring (bicyclic) bond motifs is 3. The topological polar surface area (TPSA) is 147 Å². The van der Waals surface area contributed by atoms with Crippen LogP contribution in [0.5, 0.6) is 0 Å². The van der Waals surface area contributed by atoms with Crippen LogP contribution in [0.25, 0.3) is 0 Å². The first kappa shape index (κ1) is 27.4. The maximum absolute atomic E-state index is 13.1. The van der Waals surface area contributed by atoms with Gasteiger partial charge in [0.25, 0.3) is 0 Å². The van der Waals surface area contributed by atoms with E-state index >= 15 is 0 Å². The van der Waals surface area contributed by atoms with Crippen LogP contribution >= 0.6 is 11.6 Å². The van der Waals surface area contributed by atoms with Gasteiger partial charge in [-0.2, -0.15) is 0 Å². The molecule has 5 fully saturated rings. The molecule has 1 aliphatic carbocycles. The average Bonchev–Trinajstić information content (AvgIpc) is 3.53. The summed E-state index contributed by atoms with van der Waals surface area (Å²) in [5.74, 6) is -6.60. The zero-order chi connectivity index (χ0) is 28.0. The predicted molar refractivity (Wildman–Crippen MR) is 127 cm³/mol. The normalized spacial score (nSPS) is 49.1. The van der Waals surface area contributed by atoms with E-state index in [1.165, 1.54) is 20.8 Å². The van der Waals surface area contributed by atoms with Crippen molar-refractivity contribution in [1.82, 2.24) is 0 Å². The molecule has 210 valence electrons. The number of aliphatic hydroxyl groups is 1. The molecule has 0 aromatic heterocycles. The number of ether oxygens (including phenoxy) is 6. The van der Waals surface area contributed by atoms with Gasteiger partial charge in [-0.15, -0.1) is 11.6 Å². The molecule has 0 amide bonds. The molecular weight excluding hydrogens is 524 g/mol. The molecule has 0 aromatic carbocycles. The van der Waals surface area contributed by atoms with Crippen molar-refractivity contribution >= 4 is 35.5 Å². The van der Waals surface area contributed by atoms with Crippen LogP contribution < -0.4 is 0 Å². The molecule has 38 heavy (non-hydrogen) atoms. The lowest BCUT2D eigenvalue weighted by Gasteiger charge is -2.62. The van der Waals surface area contributed by atoms with Crippen LogP contribution in [0.4, 0.5) is 0 Å². The summed E-state index contributed by atoms with van der Waals surface area (Å²) in [7, 11) is 0. The Balaban J connectivity index is 1.82. The third-order valence-corrected chi connectivity index (χ3v) is 9.74. The number of esters is 4. The number of halogens is 1. The molecule has 2 bridgehead atoms. The van der Waals surface area contributed by atoms with E-state index in [1.807, 2.05) is 0 Å². The quantitative estimate of drug-likeness (QED) is 0.177. The van der Waals surface area contributed by atoms with E-state index in [2.05, 4.69) is 6.58 Å². The Hall–Kier alpha value is -2.21. The fraction of sp³-hybridized carbons (Fsp3) is 0.769. The van der Waals surface area contributed by atoms with Gasteiger partial charge in [0, 0.05) is 38.7 Å². The summed E-state index contributed by atoms with van der Waals surface area (Å²) >= 11 is 6.80. The van der Waals surface area contributed by atoms with Crippen molar-refractivity contribution < 1.29 is 52.7 Å². The Morgan fingerprint density at radius 1 is 1.08 bits per heavy atom. The Morgan fingerprint density at radius 3 is 2.21 bits per heavy atom. The van der Waals surface area contributed by atoms with Gasteiger partial charge in [0.15, 0.2) is 17.5 Å². The van der Waals surface area contributed by atoms with Gasteiger partial charge in [-0.1, -0.05) is 13.5 Å². The van der Waals surface area contributed by atoms with Gasteiger partial charge in [-0.05, 0) is 19.8 Å². The lowest BCUT2D eigenvalue weighted by Crippen LogP contribution is -2.76. The average molecular weight is 557 g/mol. The van der Waals surface area contributed by atoms with E-state index in [0.29, 0.717) is 12.8 Å². The van der Waals surface area contributed by atoms with Crippen molar-refractivity contribution in [3.8, 4) is 0 Å². The largest absolute Gasteiger partial charge is 0.462 e. The first-order valence-electron chi connectivity index (χ1n) is 12.7. The highest BCUT2D eigenvalue weighted by molar-refractivity contribution is 6.23. The van der Waals surface area contributed by atoms with E-state index in [0.717, 1.165) is 0 Å². The predicted octanol–water partition coefficient (Wildman–Crippen LogP) is 1.55.